The molecule has 3 heteroatoms. The van der Waals surface area contributed by atoms with Gasteiger partial charge in [-0.2, -0.15) is 0 Å². The molecule has 1 aromatic rings. The summed E-state index contributed by atoms with van der Waals surface area (Å²) >= 11 is 0. The highest BCUT2D eigenvalue weighted by atomic mass is 19.1. The smallest absolute Gasteiger partial charge is 0.248 e. The lowest BCUT2D eigenvalue weighted by molar-refractivity contribution is 0.620. The molecule has 0 fully saturated rings. The van der Waals surface area contributed by atoms with Gasteiger partial charge < -0.3 is 4.98 Å². The number of nitrogens with one attached hydrogen (secondary N) is 1. The van der Waals surface area contributed by atoms with Gasteiger partial charge in [0, 0.05) is 12.2 Å². The molecule has 0 spiro atoms. The third-order valence-electron chi connectivity index (χ3n) is 0.572. The van der Waals surface area contributed by atoms with Crippen molar-refractivity contribution in [2.24, 2.45) is 0 Å². The Morgan fingerprint density at radius 2 is 2.50 bits per heavy atom. The molecule has 0 radical (unpaired) electrons. The normalized spacial score (nSPS) is 14.4. The van der Waals surface area contributed by atoms with Crippen molar-refractivity contribution < 1.29 is 8.50 Å². The summed E-state index contributed by atoms with van der Waals surface area (Å²) in [6, 6.07) is -1.59. The molecule has 0 aliphatic heterocycles. The highest BCUT2D eigenvalue weighted by Crippen LogP contribution is 1.84. The third-order valence-corrected chi connectivity index (χ3v) is 0.572. The molecule has 0 aliphatic rings. The number of hydrogen-bond acceptors (Lipinski definition) is 1. The standard InChI is InChI=1S/C5H4FNO/c6-4-1-2-5(8)7-3-4/h1-3H,(H,7,8)/i1D,2D,3D. The van der Waals surface area contributed by atoms with Crippen LogP contribution in [0.4, 0.5) is 4.39 Å². The Kier molecular flexibility index (Phi) is 0.541. The van der Waals surface area contributed by atoms with Crippen LogP contribution >= 0.6 is 0 Å². The van der Waals surface area contributed by atoms with Crippen LogP contribution in [0.25, 0.3) is 0 Å². The summed E-state index contributed by atoms with van der Waals surface area (Å²) in [4.78, 5) is 12.3. The Balaban J connectivity index is 3.59. The quantitative estimate of drug-likeness (QED) is 0.526. The zero-order valence-corrected chi connectivity index (χ0v) is 3.79. The van der Waals surface area contributed by atoms with E-state index in [1.54, 1.807) is 4.98 Å². The largest absolute Gasteiger partial charge is 0.326 e. The molecule has 42 valence electrons. The van der Waals surface area contributed by atoms with Gasteiger partial charge in [-0.25, -0.2) is 4.39 Å². The molecule has 8 heavy (non-hydrogen) atoms. The van der Waals surface area contributed by atoms with Crippen molar-refractivity contribution in [1.29, 1.82) is 0 Å². The van der Waals surface area contributed by atoms with Crippen molar-refractivity contribution in [1.82, 2.24) is 4.98 Å². The second-order valence-electron chi connectivity index (χ2n) is 1.14. The van der Waals surface area contributed by atoms with Crippen LogP contribution in [0.3, 0.4) is 0 Å². The first-order valence-corrected chi connectivity index (χ1v) is 1.89. The molecule has 1 N–H and O–H groups in total. The Morgan fingerprint density at radius 3 is 3.25 bits per heavy atom. The summed E-state index contributed by atoms with van der Waals surface area (Å²) in [5, 5.41) is 0. The molecule has 0 bridgehead atoms. The predicted octanol–water partition coefficient (Wildman–Crippen LogP) is 0.514. The summed E-state index contributed by atoms with van der Waals surface area (Å²) in [7, 11) is 0. The van der Waals surface area contributed by atoms with Gasteiger partial charge in [-0.15, -0.1) is 0 Å². The number of aromatic amines is 1. The maximum atomic E-state index is 12.5. The summed E-state index contributed by atoms with van der Waals surface area (Å²) in [6.07, 6.45) is -0.754. The fourth-order valence-corrected chi connectivity index (χ4v) is 0.286. The third kappa shape index (κ3) is 0.932. The van der Waals surface area contributed by atoms with Crippen molar-refractivity contribution in [3.8, 4) is 0 Å². The van der Waals surface area contributed by atoms with Crippen LogP contribution in [0, 0.1) is 5.82 Å². The average Bonchev–Trinajstić information content (AvgIpc) is 1.97. The summed E-state index contributed by atoms with van der Waals surface area (Å²) in [5.41, 5.74) is -0.915. The van der Waals surface area contributed by atoms with E-state index in [-0.39, 0.29) is 0 Å². The topological polar surface area (TPSA) is 32.9 Å². The van der Waals surface area contributed by atoms with Gasteiger partial charge in [0.1, 0.15) is 5.82 Å². The van der Waals surface area contributed by atoms with Crippen LogP contribution in [-0.2, 0) is 0 Å². The van der Waals surface area contributed by atoms with Crippen molar-refractivity contribution >= 4 is 0 Å². The van der Waals surface area contributed by atoms with E-state index in [0.717, 1.165) is 0 Å². The molecule has 0 saturated carbocycles. The van der Waals surface area contributed by atoms with Gasteiger partial charge >= 0.3 is 0 Å². The van der Waals surface area contributed by atoms with Gasteiger partial charge in [-0.05, 0) is 6.04 Å². The molecule has 1 rings (SSSR count). The number of rotatable bonds is 0. The maximum Gasteiger partial charge on any atom is 0.248 e. The van der Waals surface area contributed by atoms with Crippen LogP contribution in [0.5, 0.6) is 0 Å². The minimum Gasteiger partial charge on any atom is -0.326 e. The van der Waals surface area contributed by atoms with Crippen LogP contribution in [0.15, 0.2) is 23.1 Å². The highest BCUT2D eigenvalue weighted by molar-refractivity contribution is 4.93. The van der Waals surface area contributed by atoms with Crippen molar-refractivity contribution in [2.75, 3.05) is 0 Å². The second-order valence-corrected chi connectivity index (χ2v) is 1.14. The predicted molar refractivity (Wildman–Crippen MR) is 27.0 cm³/mol. The first kappa shape index (κ1) is 2.44. The fraction of sp³-hybridized carbons (Fsp3) is 0. The van der Waals surface area contributed by atoms with Gasteiger partial charge in [-0.1, -0.05) is 0 Å². The molecule has 0 aromatic carbocycles. The molecule has 0 unspecified atom stereocenters. The number of pyridine rings is 1. The van der Waals surface area contributed by atoms with Gasteiger partial charge in [0.05, 0.1) is 4.11 Å². The monoisotopic (exact) mass is 116 g/mol. The summed E-state index contributed by atoms with van der Waals surface area (Å²) in [5.74, 6) is -1.17. The molecular weight excluding hydrogens is 109 g/mol. The van der Waals surface area contributed by atoms with Crippen LogP contribution < -0.4 is 5.56 Å². The number of halogens is 1. The van der Waals surface area contributed by atoms with Crippen molar-refractivity contribution in [3.63, 3.8) is 0 Å². The molecule has 0 atom stereocenters. The van der Waals surface area contributed by atoms with E-state index in [1.807, 2.05) is 0 Å². The lowest BCUT2D eigenvalue weighted by Gasteiger charge is -1.80. The first-order valence-electron chi connectivity index (χ1n) is 3.39. The second kappa shape index (κ2) is 1.78. The highest BCUT2D eigenvalue weighted by Gasteiger charge is 1.83. The maximum absolute atomic E-state index is 12.5. The van der Waals surface area contributed by atoms with Gasteiger partial charge in [0.25, 0.3) is 0 Å². The van der Waals surface area contributed by atoms with E-state index in [4.69, 9.17) is 4.11 Å². The lowest BCUT2D eigenvalue weighted by atomic mass is 10.5. The molecular formula is C5H4FNO. The minimum absolute atomic E-state index is 0.751. The Morgan fingerprint density at radius 1 is 1.75 bits per heavy atom. The first-order chi connectivity index (χ1) is 5.04. The van der Waals surface area contributed by atoms with E-state index in [9.17, 15) is 9.18 Å². The fourth-order valence-electron chi connectivity index (χ4n) is 0.286. The molecule has 0 aliphatic carbocycles. The average molecular weight is 116 g/mol. The zero-order valence-electron chi connectivity index (χ0n) is 6.79. The Bertz CT molecular complexity index is 348. The molecule has 1 aromatic heterocycles. The molecule has 0 saturated heterocycles. The van der Waals surface area contributed by atoms with E-state index >= 15 is 0 Å². The zero-order chi connectivity index (χ0) is 8.59. The number of H-pyrrole nitrogens is 1. The van der Waals surface area contributed by atoms with Crippen LogP contribution in [-0.4, -0.2) is 4.98 Å². The van der Waals surface area contributed by atoms with E-state index < -0.39 is 29.6 Å². The van der Waals surface area contributed by atoms with E-state index in [2.05, 4.69) is 0 Å². The van der Waals surface area contributed by atoms with Crippen molar-refractivity contribution in [3.05, 3.63) is 34.4 Å². The van der Waals surface area contributed by atoms with Crippen LogP contribution in [0.2, 0.25) is 0 Å². The number of aromatic nitrogens is 1. The molecule has 1 heterocycles. The SMILES string of the molecule is [2H]c1[nH]c(=O)c([2H])c([2H])c1F. The number of hydrogen-bond donors (Lipinski definition) is 1. The minimum atomic E-state index is -1.17. The van der Waals surface area contributed by atoms with E-state index in [0.29, 0.717) is 0 Å². The van der Waals surface area contributed by atoms with Crippen LogP contribution in [0.1, 0.15) is 4.11 Å². The van der Waals surface area contributed by atoms with Gasteiger partial charge in [0.15, 0.2) is 0 Å². The van der Waals surface area contributed by atoms with Gasteiger partial charge in [-0.3, -0.25) is 4.79 Å². The Labute approximate surface area is 49.2 Å². The summed E-state index contributed by atoms with van der Waals surface area (Å²) in [6.45, 7) is 0. The van der Waals surface area contributed by atoms with E-state index in [1.165, 1.54) is 0 Å². The Hall–Kier alpha value is -1.12. The molecule has 2 nitrogen and oxygen atoms in total. The van der Waals surface area contributed by atoms with Crippen molar-refractivity contribution in [2.45, 2.75) is 0 Å². The van der Waals surface area contributed by atoms with Gasteiger partial charge in [0.2, 0.25) is 5.56 Å². The lowest BCUT2D eigenvalue weighted by Crippen LogP contribution is -2.01. The molecule has 0 amide bonds. The summed E-state index contributed by atoms with van der Waals surface area (Å²) < 4.78 is 32.9.